The topological polar surface area (TPSA) is 82.4 Å². The van der Waals surface area contributed by atoms with Crippen LogP contribution < -0.4 is 21.7 Å². The molecule has 5 saturated heterocycles. The first-order chi connectivity index (χ1) is 41.9. The molecule has 5 heterocycles. The number of nitrogens with zero attached hydrogens (tertiary/aromatic N) is 1. The molecular formula is C70H87N5OS10. The minimum atomic E-state index is -0.521. The Morgan fingerprint density at radius 3 is 1.59 bits per heavy atom. The van der Waals surface area contributed by atoms with Gasteiger partial charge in [0.2, 0.25) is 0 Å². The van der Waals surface area contributed by atoms with Crippen LogP contribution in [0.2, 0.25) is 0 Å². The summed E-state index contributed by atoms with van der Waals surface area (Å²) in [5.41, 5.74) is 16.2. The van der Waals surface area contributed by atoms with Gasteiger partial charge in [0, 0.05) is 74.3 Å². The van der Waals surface area contributed by atoms with E-state index in [1.165, 1.54) is 45.1 Å². The Kier molecular flexibility index (Phi) is 23.6. The van der Waals surface area contributed by atoms with Crippen molar-refractivity contribution in [1.82, 2.24) is 20.3 Å². The van der Waals surface area contributed by atoms with Crippen LogP contribution in [0.15, 0.2) is 182 Å². The number of hydrogen-bond donors (Lipinski definition) is 4. The van der Waals surface area contributed by atoms with Gasteiger partial charge in [-0.3, -0.25) is 20.7 Å². The molecule has 0 radical (unpaired) electrons. The van der Waals surface area contributed by atoms with E-state index in [4.69, 9.17) is 16.4 Å². The lowest BCUT2D eigenvalue weighted by Crippen LogP contribution is -2.69. The van der Waals surface area contributed by atoms with Crippen LogP contribution in [0, 0.1) is 11.8 Å². The molecule has 5 fully saturated rings. The van der Waals surface area contributed by atoms with E-state index in [1.807, 2.05) is 49.3 Å². The lowest BCUT2D eigenvalue weighted by Gasteiger charge is -2.51. The van der Waals surface area contributed by atoms with Crippen molar-refractivity contribution in [3.05, 3.63) is 215 Å². The van der Waals surface area contributed by atoms with E-state index in [1.54, 1.807) is 0 Å². The summed E-state index contributed by atoms with van der Waals surface area (Å²) < 4.78 is 0.962. The molecule has 5 aliphatic heterocycles. The number of carbonyl (C=O) groups excluding carboxylic acids is 1. The highest BCUT2D eigenvalue weighted by atomic mass is 32.2. The number of rotatable bonds is 27. The molecule has 0 aliphatic carbocycles. The highest BCUT2D eigenvalue weighted by molar-refractivity contribution is 8.23. The molecule has 6 aromatic carbocycles. The van der Waals surface area contributed by atoms with E-state index in [-0.39, 0.29) is 49.9 Å². The van der Waals surface area contributed by atoms with Crippen molar-refractivity contribution in [2.45, 2.75) is 147 Å². The highest BCUT2D eigenvalue weighted by Crippen LogP contribution is 2.64. The number of thioether (sulfide) groups is 9. The van der Waals surface area contributed by atoms with Crippen LogP contribution in [0.1, 0.15) is 133 Å². The number of carbonyl (C=O) groups is 1. The standard InChI is InChI=1S/C70H87N5OS10/c1-6-7-39-62(67(71)78-45-57(82-67)52-29-16-9-17-30-52)72-68(79-46-58(83-68)53-31-18-10-19-32-53)63(42-49(2)3)73-69(80-47-59(84-69)54-33-20-11-21-34-54)64(43-51-27-14-8-15-28-51)74-70(81-48-60(85-70)55-35-22-12-23-36-55)65-40-26-41-75(65)86-61(44-77-66(76)50(4)5)56-37-24-13-25-38-56/h8-25,27-38,49-50,57-65,72-74H,6-7,26,39-48,71H2,1-5H3/t57?,58?,59?,60?,61?,62-,63-,64+,65-,67+,68+,69-,70+/m0/s1. The van der Waals surface area contributed by atoms with Crippen LogP contribution in [0.5, 0.6) is 0 Å². The summed E-state index contributed by atoms with van der Waals surface area (Å²) in [4.78, 5) is 13.4. The molecule has 0 bridgehead atoms. The maximum atomic E-state index is 13.4. The van der Waals surface area contributed by atoms with Crippen molar-refractivity contribution in [3.8, 4) is 0 Å². The second-order valence-corrected chi connectivity index (χ2v) is 38.4. The molecule has 0 amide bonds. The summed E-state index contributed by atoms with van der Waals surface area (Å²) in [6, 6.07) is 67.8. The number of hydrogen-bond acceptors (Lipinski definition) is 16. The monoisotopic (exact) mass is 1330 g/mol. The minimum absolute atomic E-state index is 0.00958. The van der Waals surface area contributed by atoms with Crippen LogP contribution in [0.25, 0.3) is 0 Å². The Balaban J connectivity index is 1.03. The normalized spacial score (nSPS) is 29.2. The van der Waals surface area contributed by atoms with E-state index in [9.17, 15) is 4.79 Å². The van der Waals surface area contributed by atoms with Crippen molar-refractivity contribution < 1.29 is 4.79 Å². The average molecular weight is 1340 g/mol. The Bertz CT molecular complexity index is 3040. The van der Waals surface area contributed by atoms with Gasteiger partial charge >= 0.3 is 0 Å². The van der Waals surface area contributed by atoms with Gasteiger partial charge in [-0.15, -0.1) is 94.1 Å². The zero-order valence-electron chi connectivity index (χ0n) is 50.4. The van der Waals surface area contributed by atoms with Gasteiger partial charge in [-0.25, -0.2) is 4.31 Å². The fourth-order valence-electron chi connectivity index (χ4n) is 12.5. The largest absolute Gasteiger partial charge is 0.307 e. The van der Waals surface area contributed by atoms with Crippen molar-refractivity contribution in [2.24, 2.45) is 17.6 Å². The van der Waals surface area contributed by atoms with Crippen LogP contribution >= 0.6 is 118 Å². The summed E-state index contributed by atoms with van der Waals surface area (Å²) in [6.45, 7) is 12.3. The summed E-state index contributed by atoms with van der Waals surface area (Å²) >= 11 is 20.5. The zero-order valence-corrected chi connectivity index (χ0v) is 58.5. The fourth-order valence-corrected chi connectivity index (χ4v) is 29.9. The first-order valence-electron chi connectivity index (χ1n) is 31.1. The molecule has 86 heavy (non-hydrogen) atoms. The molecule has 5 N–H and O–H groups in total. The number of unbranched alkanes of at least 4 members (excludes halogenated alkanes) is 1. The maximum absolute atomic E-state index is 13.4. The highest BCUT2D eigenvalue weighted by Gasteiger charge is 2.60. The molecule has 458 valence electrons. The summed E-state index contributed by atoms with van der Waals surface area (Å²) in [6.07, 6.45) is 7.30. The predicted octanol–water partition coefficient (Wildman–Crippen LogP) is 18.6. The second-order valence-electron chi connectivity index (χ2n) is 24.2. The van der Waals surface area contributed by atoms with Crippen molar-refractivity contribution in [2.75, 3.05) is 35.3 Å². The first kappa shape index (κ1) is 65.8. The van der Waals surface area contributed by atoms with Crippen LogP contribution in [-0.2, 0) is 11.2 Å². The quantitative estimate of drug-likeness (QED) is 0.0369. The van der Waals surface area contributed by atoms with Crippen LogP contribution in [0.4, 0.5) is 0 Å². The van der Waals surface area contributed by atoms with Gasteiger partial charge in [0.1, 0.15) is 16.8 Å². The van der Waals surface area contributed by atoms with Gasteiger partial charge in [-0.2, -0.15) is 0 Å². The molecule has 5 aliphatic rings. The van der Waals surface area contributed by atoms with Gasteiger partial charge < -0.3 is 5.73 Å². The Hall–Kier alpha value is -1.71. The molecule has 0 aromatic heterocycles. The molecule has 5 unspecified atom stereocenters. The van der Waals surface area contributed by atoms with E-state index in [0.29, 0.717) is 21.7 Å². The van der Waals surface area contributed by atoms with Crippen molar-refractivity contribution in [3.63, 3.8) is 0 Å². The van der Waals surface area contributed by atoms with Gasteiger partial charge in [0.05, 0.1) is 17.3 Å². The fraction of sp³-hybridized carbons (Fsp3) is 0.471. The zero-order chi connectivity index (χ0) is 59.6. The molecule has 13 atom stereocenters. The second kappa shape index (κ2) is 30.8. The maximum Gasteiger partial charge on any atom is 0.191 e. The SMILES string of the molecule is CCCC[C@H](N[C@]1([C@H](CC(C)C)N[C@@]2([C@@H](Cc3ccccc3)N[C@]3([C@@H]4CCCN4SC(CSC(=O)C(C)C)c4ccccc4)SCC(c4ccccc4)S3)SCC(c3ccccc3)S2)SCC(c2ccccc2)S1)[C@@]1(N)SCC(c2ccccc2)S1. The van der Waals surface area contributed by atoms with Gasteiger partial charge in [0.15, 0.2) is 5.12 Å². The summed E-state index contributed by atoms with van der Waals surface area (Å²) in [5, 5.41) is 16.1. The van der Waals surface area contributed by atoms with Crippen molar-refractivity contribution >= 4 is 123 Å². The van der Waals surface area contributed by atoms with E-state index in [2.05, 4.69) is 283 Å². The molecular weight excluding hydrogens is 1250 g/mol. The summed E-state index contributed by atoms with van der Waals surface area (Å²) in [7, 11) is 0. The molecule has 0 saturated carbocycles. The minimum Gasteiger partial charge on any atom is -0.307 e. The number of nitrogens with one attached hydrogen (secondary N) is 3. The van der Waals surface area contributed by atoms with Crippen LogP contribution in [0.3, 0.4) is 0 Å². The van der Waals surface area contributed by atoms with E-state index in [0.717, 1.165) is 80.3 Å². The van der Waals surface area contributed by atoms with E-state index >= 15 is 0 Å². The molecule has 6 aromatic rings. The number of nitrogens with two attached hydrogens (primary N) is 1. The first-order valence-corrected chi connectivity index (χ1v) is 40.4. The third kappa shape index (κ3) is 16.0. The van der Waals surface area contributed by atoms with Gasteiger partial charge in [-0.1, -0.05) is 253 Å². The predicted molar refractivity (Wildman–Crippen MR) is 391 cm³/mol. The Morgan fingerprint density at radius 2 is 1.06 bits per heavy atom. The van der Waals surface area contributed by atoms with Gasteiger partial charge in [0.25, 0.3) is 0 Å². The third-order valence-corrected chi connectivity index (χ3v) is 34.4. The molecule has 11 rings (SSSR count). The van der Waals surface area contributed by atoms with E-state index < -0.39 is 12.6 Å². The Morgan fingerprint density at radius 1 is 0.581 bits per heavy atom. The smallest absolute Gasteiger partial charge is 0.191 e. The third-order valence-electron chi connectivity index (χ3n) is 17.1. The lowest BCUT2D eigenvalue weighted by atomic mass is 10.00. The average Bonchev–Trinajstić information content (AvgIpc) is 3.12. The number of benzene rings is 6. The molecule has 16 heteroatoms. The van der Waals surface area contributed by atoms with Gasteiger partial charge in [-0.05, 0) is 71.4 Å². The summed E-state index contributed by atoms with van der Waals surface area (Å²) in [5.74, 6) is 5.16. The lowest BCUT2D eigenvalue weighted by molar-refractivity contribution is -0.113. The van der Waals surface area contributed by atoms with Crippen molar-refractivity contribution in [1.29, 1.82) is 0 Å². The molecule has 6 nitrogen and oxygen atoms in total. The molecule has 0 spiro atoms. The Labute approximate surface area is 557 Å². The van der Waals surface area contributed by atoms with Crippen LogP contribution in [-0.4, -0.2) is 85.7 Å².